The average Bonchev–Trinajstić information content (AvgIpc) is 2.09. The number of nitrogens with zero attached hydrogens (tertiary/aromatic N) is 1. The molecule has 0 saturated carbocycles. The van der Waals surface area contributed by atoms with Crippen molar-refractivity contribution in [2.45, 2.75) is 25.0 Å². The zero-order valence-corrected chi connectivity index (χ0v) is 11.8. The quantitative estimate of drug-likeness (QED) is 0.688. The minimum atomic E-state index is -6.17. The van der Waals surface area contributed by atoms with E-state index in [-0.39, 0.29) is 0 Å². The maximum absolute atomic E-state index is 12.5. The summed E-state index contributed by atoms with van der Waals surface area (Å²) in [5.41, 5.74) is -6.63. The first-order chi connectivity index (χ1) is 8.76. The molecule has 1 rings (SSSR count). The molecule has 12 heteroatoms. The highest BCUT2D eigenvalue weighted by Crippen LogP contribution is 2.33. The fourth-order valence-electron chi connectivity index (χ4n) is 1.53. The van der Waals surface area contributed by atoms with Crippen molar-refractivity contribution in [3.8, 4) is 0 Å². The van der Waals surface area contributed by atoms with Crippen LogP contribution in [0, 0.1) is 0 Å². The lowest BCUT2D eigenvalue weighted by molar-refractivity contribution is -0.143. The maximum atomic E-state index is 12.5. The molecular weight excluding hydrogens is 327 g/mol. The molecule has 0 aromatic rings. The van der Waals surface area contributed by atoms with Gasteiger partial charge in [-0.25, -0.2) is 13.2 Å². The van der Waals surface area contributed by atoms with E-state index in [0.717, 1.165) is 0 Å². The third kappa shape index (κ3) is 3.23. The van der Waals surface area contributed by atoms with Gasteiger partial charge >= 0.3 is 21.5 Å². The lowest BCUT2D eigenvalue weighted by Crippen LogP contribution is -2.44. The van der Waals surface area contributed by atoms with Gasteiger partial charge in [-0.05, 0) is 6.92 Å². The largest absolute Gasteiger partial charge is 0.517 e. The summed E-state index contributed by atoms with van der Waals surface area (Å²) in [6.45, 7) is 1.28. The molecule has 1 aliphatic rings. The number of ether oxygens (including phenoxy) is 1. The Labute approximate surface area is 113 Å². The van der Waals surface area contributed by atoms with Crippen LogP contribution in [0.25, 0.3) is 0 Å². The van der Waals surface area contributed by atoms with Gasteiger partial charge in [0.2, 0.25) is 10.0 Å². The first-order valence-electron chi connectivity index (χ1n) is 5.00. The highest BCUT2D eigenvalue weighted by atomic mass is 32.3. The summed E-state index contributed by atoms with van der Waals surface area (Å²) in [7, 11) is -11.0. The zero-order valence-electron chi connectivity index (χ0n) is 10.2. The Balaban J connectivity index is 3.49. The standard InChI is InChI=1S/C8H10F3NO6S2/c1-5-3-6(4-7(13)18-5)12(19(2,14)15)20(16,17)8(9,10)11/h4-5H,3H2,1-2H3. The van der Waals surface area contributed by atoms with Crippen molar-refractivity contribution >= 4 is 26.0 Å². The number of hydrogen-bond acceptors (Lipinski definition) is 6. The molecule has 0 amide bonds. The fourth-order valence-corrected chi connectivity index (χ4v) is 4.39. The summed E-state index contributed by atoms with van der Waals surface area (Å²) in [5.74, 6) is -1.12. The second kappa shape index (κ2) is 4.91. The Bertz CT molecular complexity index is 648. The monoisotopic (exact) mass is 337 g/mol. The van der Waals surface area contributed by atoms with E-state index < -0.39 is 53.5 Å². The number of carbonyl (C=O) groups is 1. The van der Waals surface area contributed by atoms with E-state index in [2.05, 4.69) is 4.74 Å². The molecule has 7 nitrogen and oxygen atoms in total. The van der Waals surface area contributed by atoms with Gasteiger partial charge in [0.05, 0.1) is 12.0 Å². The molecule has 20 heavy (non-hydrogen) atoms. The minimum Gasteiger partial charge on any atom is -0.459 e. The Morgan fingerprint density at radius 1 is 1.30 bits per heavy atom. The van der Waals surface area contributed by atoms with Crippen molar-refractivity contribution < 1.29 is 39.5 Å². The summed E-state index contributed by atoms with van der Waals surface area (Å²) < 4.78 is 86.8. The lowest BCUT2D eigenvalue weighted by atomic mass is 10.2. The Morgan fingerprint density at radius 3 is 2.15 bits per heavy atom. The molecule has 1 unspecified atom stereocenters. The Hall–Kier alpha value is -1.30. The summed E-state index contributed by atoms with van der Waals surface area (Å²) in [5, 5.41) is 0. The van der Waals surface area contributed by atoms with Crippen LogP contribution in [0.1, 0.15) is 13.3 Å². The molecular formula is C8H10F3NO6S2. The van der Waals surface area contributed by atoms with E-state index >= 15 is 0 Å². The number of esters is 1. The molecule has 0 aliphatic carbocycles. The minimum absolute atomic E-state index is 0.293. The number of rotatable bonds is 3. The summed E-state index contributed by atoms with van der Waals surface area (Å²) >= 11 is 0. The van der Waals surface area contributed by atoms with Gasteiger partial charge in [0.1, 0.15) is 6.10 Å². The number of cyclic esters (lactones) is 1. The molecule has 0 aromatic carbocycles. The van der Waals surface area contributed by atoms with Crippen molar-refractivity contribution in [3.05, 3.63) is 11.8 Å². The number of halogens is 3. The van der Waals surface area contributed by atoms with Gasteiger partial charge in [-0.1, -0.05) is 0 Å². The van der Waals surface area contributed by atoms with Gasteiger partial charge in [-0.15, -0.1) is 0 Å². The van der Waals surface area contributed by atoms with Crippen molar-refractivity contribution in [1.29, 1.82) is 0 Å². The van der Waals surface area contributed by atoms with E-state index in [0.29, 0.717) is 12.3 Å². The normalized spacial score (nSPS) is 21.1. The smallest absolute Gasteiger partial charge is 0.459 e. The van der Waals surface area contributed by atoms with Gasteiger partial charge in [-0.2, -0.15) is 25.3 Å². The van der Waals surface area contributed by atoms with Crippen LogP contribution in [0.15, 0.2) is 11.8 Å². The third-order valence-corrected chi connectivity index (χ3v) is 5.64. The van der Waals surface area contributed by atoms with Crippen LogP contribution in [-0.2, 0) is 29.6 Å². The Kier molecular flexibility index (Phi) is 4.11. The highest BCUT2D eigenvalue weighted by molar-refractivity contribution is 8.04. The van der Waals surface area contributed by atoms with Crippen LogP contribution in [0.4, 0.5) is 13.2 Å². The number of hydrogen-bond donors (Lipinski definition) is 0. The first-order valence-corrected chi connectivity index (χ1v) is 8.28. The fraction of sp³-hybridized carbons (Fsp3) is 0.625. The molecule has 1 aliphatic heterocycles. The van der Waals surface area contributed by atoms with E-state index in [1.54, 1.807) is 0 Å². The van der Waals surface area contributed by atoms with E-state index in [1.807, 2.05) is 0 Å². The van der Waals surface area contributed by atoms with Crippen LogP contribution in [0.2, 0.25) is 0 Å². The molecule has 0 fully saturated rings. The third-order valence-electron chi connectivity index (χ3n) is 2.14. The van der Waals surface area contributed by atoms with Crippen molar-refractivity contribution in [2.24, 2.45) is 0 Å². The summed E-state index contributed by atoms with van der Waals surface area (Å²) in [6, 6.07) is 0. The van der Waals surface area contributed by atoms with Gasteiger partial charge < -0.3 is 4.74 Å². The second-order valence-electron chi connectivity index (χ2n) is 4.00. The van der Waals surface area contributed by atoms with Crippen LogP contribution >= 0.6 is 0 Å². The molecule has 1 atom stereocenters. The summed E-state index contributed by atoms with van der Waals surface area (Å²) in [6.07, 6.45) is -0.726. The van der Waals surface area contributed by atoms with E-state index in [1.165, 1.54) is 6.92 Å². The lowest BCUT2D eigenvalue weighted by Gasteiger charge is -2.28. The number of sulfonamides is 2. The molecule has 0 aromatic heterocycles. The summed E-state index contributed by atoms with van der Waals surface area (Å²) in [4.78, 5) is 11.1. The predicted molar refractivity (Wildman–Crippen MR) is 59.9 cm³/mol. The van der Waals surface area contributed by atoms with Crippen molar-refractivity contribution in [2.75, 3.05) is 6.26 Å². The van der Waals surface area contributed by atoms with Crippen LogP contribution in [0.3, 0.4) is 0 Å². The maximum Gasteiger partial charge on any atom is 0.517 e. The number of alkyl halides is 3. The van der Waals surface area contributed by atoms with Crippen LogP contribution < -0.4 is 0 Å². The first kappa shape index (κ1) is 16.8. The molecule has 0 N–H and O–H groups in total. The highest BCUT2D eigenvalue weighted by Gasteiger charge is 2.54. The van der Waals surface area contributed by atoms with Crippen LogP contribution in [-0.4, -0.2) is 44.4 Å². The topological polar surface area (TPSA) is 97.8 Å². The second-order valence-corrected chi connectivity index (χ2v) is 7.84. The molecule has 116 valence electrons. The zero-order chi connectivity index (χ0) is 15.9. The molecule has 0 spiro atoms. The predicted octanol–water partition coefficient (Wildman–Crippen LogP) is 0.317. The van der Waals surface area contributed by atoms with Crippen molar-refractivity contribution in [1.82, 2.24) is 3.71 Å². The van der Waals surface area contributed by atoms with E-state index in [4.69, 9.17) is 0 Å². The SMILES string of the molecule is CC1CC(N(S(C)(=O)=O)S(=O)(=O)C(F)(F)F)=CC(=O)O1. The molecule has 0 radical (unpaired) electrons. The van der Waals surface area contributed by atoms with Crippen LogP contribution in [0.5, 0.6) is 0 Å². The molecule has 0 bridgehead atoms. The van der Waals surface area contributed by atoms with Gasteiger partial charge in [0, 0.05) is 12.5 Å². The van der Waals surface area contributed by atoms with Gasteiger partial charge in [0.25, 0.3) is 0 Å². The Morgan fingerprint density at radius 2 is 1.80 bits per heavy atom. The average molecular weight is 337 g/mol. The van der Waals surface area contributed by atoms with Gasteiger partial charge in [0.15, 0.2) is 0 Å². The van der Waals surface area contributed by atoms with Gasteiger partial charge in [-0.3, -0.25) is 0 Å². The van der Waals surface area contributed by atoms with Crippen molar-refractivity contribution in [3.63, 3.8) is 0 Å². The number of carbonyl (C=O) groups excluding carboxylic acids is 1. The molecule has 0 saturated heterocycles. The molecule has 1 heterocycles. The van der Waals surface area contributed by atoms with E-state index in [9.17, 15) is 34.8 Å².